The van der Waals surface area contributed by atoms with Crippen molar-refractivity contribution >= 4 is 17.0 Å². The van der Waals surface area contributed by atoms with E-state index >= 15 is 0 Å². The van der Waals surface area contributed by atoms with Crippen LogP contribution in [0.1, 0.15) is 34.9 Å². The van der Waals surface area contributed by atoms with Gasteiger partial charge in [-0.3, -0.25) is 15.2 Å². The third-order valence-electron chi connectivity index (χ3n) is 6.00. The summed E-state index contributed by atoms with van der Waals surface area (Å²) in [6.07, 6.45) is 0.666. The number of fused-ring (bicyclic) bond motifs is 1. The van der Waals surface area contributed by atoms with Crippen molar-refractivity contribution < 1.29 is 13.2 Å². The Morgan fingerprint density at radius 1 is 1.28 bits per heavy atom. The van der Waals surface area contributed by atoms with Gasteiger partial charge in [0.05, 0.1) is 11.3 Å². The van der Waals surface area contributed by atoms with E-state index in [1.807, 2.05) is 0 Å². The summed E-state index contributed by atoms with van der Waals surface area (Å²) in [5.74, 6) is -0.124. The molecule has 4 aromatic rings. The number of H-pyrrole nitrogens is 2. The first-order valence-electron chi connectivity index (χ1n) is 10.7. The van der Waals surface area contributed by atoms with Crippen LogP contribution >= 0.6 is 0 Å². The first kappa shape index (κ1) is 23.0. The van der Waals surface area contributed by atoms with Crippen molar-refractivity contribution in [1.29, 1.82) is 10.7 Å². The molecule has 1 fully saturated rings. The molecular formula is C23H17F3N8O2. The smallest absolute Gasteiger partial charge is 0.376 e. The van der Waals surface area contributed by atoms with Crippen LogP contribution in [-0.2, 0) is 0 Å². The number of alkyl halides is 3. The van der Waals surface area contributed by atoms with Crippen molar-refractivity contribution in [2.24, 2.45) is 0 Å². The summed E-state index contributed by atoms with van der Waals surface area (Å²) >= 11 is 0. The number of halogens is 3. The second-order valence-electron chi connectivity index (χ2n) is 8.38. The Bertz CT molecular complexity index is 1660. The SMILES string of the molecule is N#CC(=N)c1ccc([C@H]2C[C@@H]2c2cc(-c3c[nH]c(=O)[nH]c3=O)nn3ccnc23)cc1NCC(F)(F)F. The molecule has 4 N–H and O–H groups in total. The van der Waals surface area contributed by atoms with Crippen LogP contribution in [0.4, 0.5) is 18.9 Å². The number of imidazole rings is 1. The Balaban J connectivity index is 1.51. The van der Waals surface area contributed by atoms with Crippen LogP contribution in [0.15, 0.2) is 52.4 Å². The van der Waals surface area contributed by atoms with Crippen LogP contribution < -0.4 is 16.6 Å². The minimum Gasteiger partial charge on any atom is -0.376 e. The van der Waals surface area contributed by atoms with Gasteiger partial charge in [-0.25, -0.2) is 14.3 Å². The van der Waals surface area contributed by atoms with Gasteiger partial charge in [0.25, 0.3) is 5.56 Å². The fraction of sp³-hybridized carbons (Fsp3) is 0.217. The van der Waals surface area contributed by atoms with Crippen molar-refractivity contribution in [1.82, 2.24) is 24.6 Å². The third kappa shape index (κ3) is 4.36. The molecule has 1 saturated carbocycles. The largest absolute Gasteiger partial charge is 0.405 e. The molecule has 0 radical (unpaired) electrons. The number of anilines is 1. The Hall–Kier alpha value is -4.73. The molecule has 5 rings (SSSR count). The molecule has 0 bridgehead atoms. The number of nitrogens with one attached hydrogen (secondary N) is 4. The van der Waals surface area contributed by atoms with Crippen molar-refractivity contribution in [2.75, 3.05) is 11.9 Å². The van der Waals surface area contributed by atoms with Crippen molar-refractivity contribution in [3.63, 3.8) is 0 Å². The highest BCUT2D eigenvalue weighted by Gasteiger charge is 2.42. The number of benzene rings is 1. The van der Waals surface area contributed by atoms with E-state index in [9.17, 15) is 22.8 Å². The zero-order valence-corrected chi connectivity index (χ0v) is 18.3. The van der Waals surface area contributed by atoms with E-state index in [1.54, 1.807) is 30.6 Å². The van der Waals surface area contributed by atoms with Gasteiger partial charge in [-0.15, -0.1) is 0 Å². The molecule has 0 aliphatic heterocycles. The molecular weight excluding hydrogens is 477 g/mol. The summed E-state index contributed by atoms with van der Waals surface area (Å²) in [5.41, 5.74) is 1.06. The first-order valence-corrected chi connectivity index (χ1v) is 10.7. The molecule has 182 valence electrons. The molecule has 1 aromatic carbocycles. The predicted octanol–water partition coefficient (Wildman–Crippen LogP) is 2.91. The summed E-state index contributed by atoms with van der Waals surface area (Å²) in [4.78, 5) is 32.7. The summed E-state index contributed by atoms with van der Waals surface area (Å²) in [6, 6.07) is 8.08. The van der Waals surface area contributed by atoms with Crippen LogP contribution in [0.2, 0.25) is 0 Å². The quantitative estimate of drug-likeness (QED) is 0.302. The maximum absolute atomic E-state index is 12.8. The highest BCUT2D eigenvalue weighted by molar-refractivity contribution is 6.12. The lowest BCUT2D eigenvalue weighted by Crippen LogP contribution is -2.23. The van der Waals surface area contributed by atoms with Crippen molar-refractivity contribution in [3.8, 4) is 17.3 Å². The Morgan fingerprint density at radius 3 is 2.81 bits per heavy atom. The van der Waals surface area contributed by atoms with Gasteiger partial charge in [-0.05, 0) is 42.0 Å². The van der Waals surface area contributed by atoms with Gasteiger partial charge in [0, 0.05) is 35.4 Å². The van der Waals surface area contributed by atoms with E-state index in [1.165, 1.54) is 22.8 Å². The molecule has 10 nitrogen and oxygen atoms in total. The zero-order valence-electron chi connectivity index (χ0n) is 18.3. The number of aromatic amines is 2. The molecule has 0 spiro atoms. The number of nitriles is 1. The molecule has 0 amide bonds. The lowest BCUT2D eigenvalue weighted by Gasteiger charge is -2.14. The molecule has 3 heterocycles. The molecule has 36 heavy (non-hydrogen) atoms. The minimum atomic E-state index is -4.47. The number of hydrogen-bond acceptors (Lipinski definition) is 7. The number of hydrogen-bond donors (Lipinski definition) is 4. The fourth-order valence-electron chi connectivity index (χ4n) is 4.27. The van der Waals surface area contributed by atoms with Crippen LogP contribution in [0, 0.1) is 16.7 Å². The Labute approximate surface area is 200 Å². The highest BCUT2D eigenvalue weighted by Crippen LogP contribution is 2.56. The molecule has 1 aliphatic rings. The summed E-state index contributed by atoms with van der Waals surface area (Å²) in [7, 11) is 0. The van der Waals surface area contributed by atoms with Gasteiger partial charge in [0.2, 0.25) is 0 Å². The van der Waals surface area contributed by atoms with E-state index < -0.39 is 29.7 Å². The van der Waals surface area contributed by atoms with Gasteiger partial charge in [-0.2, -0.15) is 23.5 Å². The lowest BCUT2D eigenvalue weighted by molar-refractivity contribution is -0.115. The van der Waals surface area contributed by atoms with Gasteiger partial charge in [-0.1, -0.05) is 6.07 Å². The molecule has 1 aliphatic carbocycles. The van der Waals surface area contributed by atoms with Gasteiger partial charge >= 0.3 is 11.9 Å². The van der Waals surface area contributed by atoms with Crippen molar-refractivity contribution in [2.45, 2.75) is 24.4 Å². The number of rotatable bonds is 6. The summed E-state index contributed by atoms with van der Waals surface area (Å²) < 4.78 is 40.0. The minimum absolute atomic E-state index is 0.0585. The number of aromatic nitrogens is 5. The molecule has 0 saturated heterocycles. The molecule has 3 aromatic heterocycles. The summed E-state index contributed by atoms with van der Waals surface area (Å²) in [6.45, 7) is -1.30. The summed E-state index contributed by atoms with van der Waals surface area (Å²) in [5, 5.41) is 23.6. The normalized spacial score (nSPS) is 17.1. The highest BCUT2D eigenvalue weighted by atomic mass is 19.4. The molecule has 2 atom stereocenters. The monoisotopic (exact) mass is 494 g/mol. The van der Waals surface area contributed by atoms with Gasteiger partial charge < -0.3 is 10.3 Å². The fourth-order valence-corrected chi connectivity index (χ4v) is 4.27. The van der Waals surface area contributed by atoms with E-state index in [-0.39, 0.29) is 28.7 Å². The molecule has 0 unspecified atom stereocenters. The van der Waals surface area contributed by atoms with E-state index in [2.05, 4.69) is 25.4 Å². The number of nitrogens with zero attached hydrogens (tertiary/aromatic N) is 4. The van der Waals surface area contributed by atoms with Crippen molar-refractivity contribution in [3.05, 3.63) is 80.4 Å². The Morgan fingerprint density at radius 2 is 2.08 bits per heavy atom. The maximum atomic E-state index is 12.8. The second-order valence-corrected chi connectivity index (χ2v) is 8.38. The van der Waals surface area contributed by atoms with E-state index in [0.29, 0.717) is 17.8 Å². The lowest BCUT2D eigenvalue weighted by atomic mass is 10.00. The average Bonchev–Trinajstić information content (AvgIpc) is 3.49. The standard InChI is InChI=1S/C23H17F3N8O2/c24-23(25,26)10-31-18-5-11(1-2-12(18)17(28)8-27)13-6-14(13)15-7-19(33-34-4-3-29-20(15)34)16-9-30-22(36)32-21(16)35/h1-5,7,9,13-14,28,31H,6,10H2,(H2,30,32,35,36)/t13-,14+/m1/s1. The van der Waals surface area contributed by atoms with Crippen LogP contribution in [0.25, 0.3) is 16.9 Å². The van der Waals surface area contributed by atoms with Gasteiger partial charge in [0.1, 0.15) is 18.3 Å². The van der Waals surface area contributed by atoms with Crippen LogP contribution in [0.3, 0.4) is 0 Å². The zero-order chi connectivity index (χ0) is 25.6. The second kappa shape index (κ2) is 8.49. The van der Waals surface area contributed by atoms with Crippen LogP contribution in [0.5, 0.6) is 0 Å². The molecule has 13 heteroatoms. The van der Waals surface area contributed by atoms with E-state index in [4.69, 9.17) is 10.7 Å². The predicted molar refractivity (Wildman–Crippen MR) is 123 cm³/mol. The van der Waals surface area contributed by atoms with E-state index in [0.717, 1.165) is 11.1 Å². The average molecular weight is 494 g/mol. The van der Waals surface area contributed by atoms with Gasteiger partial charge in [0.15, 0.2) is 5.65 Å². The Kier molecular flexibility index (Phi) is 5.43. The maximum Gasteiger partial charge on any atom is 0.405 e. The third-order valence-corrected chi connectivity index (χ3v) is 6.00. The topological polar surface area (TPSA) is 156 Å². The van der Waals surface area contributed by atoms with Crippen LogP contribution in [-0.4, -0.2) is 43.0 Å². The first-order chi connectivity index (χ1) is 17.1.